The maximum Gasteiger partial charge on any atom is 0.101 e. The number of rotatable bonds is 2. The van der Waals surface area contributed by atoms with Gasteiger partial charge in [0.1, 0.15) is 5.69 Å². The summed E-state index contributed by atoms with van der Waals surface area (Å²) in [7, 11) is 0. The van der Waals surface area contributed by atoms with Crippen molar-refractivity contribution in [1.29, 1.82) is 0 Å². The van der Waals surface area contributed by atoms with Crippen LogP contribution in [0.5, 0.6) is 0 Å². The third-order valence-corrected chi connectivity index (χ3v) is 2.69. The summed E-state index contributed by atoms with van der Waals surface area (Å²) in [5.41, 5.74) is 2.68. The lowest BCUT2D eigenvalue weighted by Crippen LogP contribution is -1.98. The molecular weight excluding hydrogens is 233 g/mol. The largest absolute Gasteiger partial charge is 0.218 e. The van der Waals surface area contributed by atoms with Crippen molar-refractivity contribution in [1.82, 2.24) is 15.0 Å². The first-order valence-electron chi connectivity index (χ1n) is 4.45. The Morgan fingerprint density at radius 2 is 1.93 bits per heavy atom. The Morgan fingerprint density at radius 1 is 1.27 bits per heavy atom. The molecule has 0 saturated carbocycles. The highest BCUT2D eigenvalue weighted by atomic mass is 35.5. The third kappa shape index (κ3) is 1.98. The highest BCUT2D eigenvalue weighted by molar-refractivity contribution is 6.30. The summed E-state index contributed by atoms with van der Waals surface area (Å²) in [5, 5.41) is 8.71. The molecule has 0 unspecified atom stereocenters. The van der Waals surface area contributed by atoms with E-state index < -0.39 is 0 Å². The fraction of sp³-hybridized carbons (Fsp3) is 0.200. The van der Waals surface area contributed by atoms with Crippen molar-refractivity contribution in [3.8, 4) is 5.69 Å². The Kier molecular flexibility index (Phi) is 2.93. The monoisotopic (exact) mass is 241 g/mol. The van der Waals surface area contributed by atoms with Gasteiger partial charge in [-0.2, -0.15) is 0 Å². The summed E-state index contributed by atoms with van der Waals surface area (Å²) < 4.78 is 1.74. The molecule has 78 valence electrons. The van der Waals surface area contributed by atoms with E-state index in [1.807, 2.05) is 31.2 Å². The van der Waals surface area contributed by atoms with E-state index in [0.29, 0.717) is 10.9 Å². The fourth-order valence-corrected chi connectivity index (χ4v) is 1.68. The molecule has 0 saturated heterocycles. The molecule has 0 fully saturated rings. The van der Waals surface area contributed by atoms with Crippen molar-refractivity contribution in [3.63, 3.8) is 0 Å². The summed E-state index contributed by atoms with van der Waals surface area (Å²) in [6.07, 6.45) is 0. The predicted octanol–water partition coefficient (Wildman–Crippen LogP) is 2.97. The molecule has 0 atom stereocenters. The van der Waals surface area contributed by atoms with Gasteiger partial charge in [0.05, 0.1) is 17.3 Å². The Morgan fingerprint density at radius 3 is 2.47 bits per heavy atom. The van der Waals surface area contributed by atoms with Gasteiger partial charge in [-0.3, -0.25) is 0 Å². The molecule has 0 spiro atoms. The molecule has 5 heteroatoms. The molecule has 15 heavy (non-hydrogen) atoms. The first-order chi connectivity index (χ1) is 7.22. The SMILES string of the molecule is Cc1c(CCl)nnn1-c1ccc(Cl)cc1. The molecule has 1 aromatic heterocycles. The zero-order valence-corrected chi connectivity index (χ0v) is 9.63. The van der Waals surface area contributed by atoms with Crippen LogP contribution < -0.4 is 0 Å². The van der Waals surface area contributed by atoms with Crippen molar-refractivity contribution in [2.24, 2.45) is 0 Å². The molecule has 0 N–H and O–H groups in total. The average molecular weight is 242 g/mol. The fourth-order valence-electron chi connectivity index (χ4n) is 1.31. The molecule has 1 aromatic carbocycles. The van der Waals surface area contributed by atoms with E-state index in [-0.39, 0.29) is 0 Å². The van der Waals surface area contributed by atoms with E-state index in [2.05, 4.69) is 10.3 Å². The lowest BCUT2D eigenvalue weighted by Gasteiger charge is -2.02. The van der Waals surface area contributed by atoms with Crippen LogP contribution >= 0.6 is 23.2 Å². The van der Waals surface area contributed by atoms with E-state index in [1.54, 1.807) is 4.68 Å². The van der Waals surface area contributed by atoms with Crippen LogP contribution in [-0.4, -0.2) is 15.0 Å². The number of nitrogens with zero attached hydrogens (tertiary/aromatic N) is 3. The van der Waals surface area contributed by atoms with Gasteiger partial charge < -0.3 is 0 Å². The molecule has 0 aliphatic heterocycles. The lowest BCUT2D eigenvalue weighted by molar-refractivity contribution is 0.784. The van der Waals surface area contributed by atoms with Gasteiger partial charge in [-0.05, 0) is 31.2 Å². The zero-order chi connectivity index (χ0) is 10.8. The molecule has 3 nitrogen and oxygen atoms in total. The van der Waals surface area contributed by atoms with Crippen LogP contribution in [0, 0.1) is 6.92 Å². The first kappa shape index (κ1) is 10.5. The van der Waals surface area contributed by atoms with E-state index in [1.165, 1.54) is 0 Å². The summed E-state index contributed by atoms with van der Waals surface area (Å²) in [4.78, 5) is 0. The van der Waals surface area contributed by atoms with Crippen LogP contribution in [0.3, 0.4) is 0 Å². The van der Waals surface area contributed by atoms with Crippen LogP contribution in [0.4, 0.5) is 0 Å². The standard InChI is InChI=1S/C10H9Cl2N3/c1-7-10(6-11)13-14-15(7)9-4-2-8(12)3-5-9/h2-5H,6H2,1H3. The van der Waals surface area contributed by atoms with Gasteiger partial charge in [-0.25, -0.2) is 4.68 Å². The van der Waals surface area contributed by atoms with Crippen LogP contribution in [-0.2, 0) is 5.88 Å². The van der Waals surface area contributed by atoms with Crippen molar-refractivity contribution in [2.45, 2.75) is 12.8 Å². The number of alkyl halides is 1. The number of hydrogen-bond donors (Lipinski definition) is 0. The van der Waals surface area contributed by atoms with Gasteiger partial charge in [0.15, 0.2) is 0 Å². The third-order valence-electron chi connectivity index (χ3n) is 2.19. The Balaban J connectivity index is 2.45. The minimum atomic E-state index is 0.374. The van der Waals surface area contributed by atoms with Gasteiger partial charge >= 0.3 is 0 Å². The molecule has 0 aliphatic rings. The summed E-state index contributed by atoms with van der Waals surface area (Å²) in [6, 6.07) is 7.42. The van der Waals surface area contributed by atoms with E-state index in [9.17, 15) is 0 Å². The van der Waals surface area contributed by atoms with Gasteiger partial charge in [0.25, 0.3) is 0 Å². The van der Waals surface area contributed by atoms with Crippen LogP contribution in [0.15, 0.2) is 24.3 Å². The minimum Gasteiger partial charge on any atom is -0.218 e. The topological polar surface area (TPSA) is 30.7 Å². The smallest absolute Gasteiger partial charge is 0.101 e. The maximum atomic E-state index is 5.81. The highest BCUT2D eigenvalue weighted by Crippen LogP contribution is 2.16. The van der Waals surface area contributed by atoms with Crippen molar-refractivity contribution >= 4 is 23.2 Å². The minimum absolute atomic E-state index is 0.374. The molecule has 2 aromatic rings. The molecule has 2 rings (SSSR count). The molecule has 0 aliphatic carbocycles. The molecule has 0 amide bonds. The van der Waals surface area contributed by atoms with Crippen LogP contribution in [0.1, 0.15) is 11.4 Å². The van der Waals surface area contributed by atoms with Crippen LogP contribution in [0.25, 0.3) is 5.69 Å². The van der Waals surface area contributed by atoms with Crippen molar-refractivity contribution in [2.75, 3.05) is 0 Å². The van der Waals surface area contributed by atoms with Crippen LogP contribution in [0.2, 0.25) is 5.02 Å². The normalized spacial score (nSPS) is 10.6. The number of halogens is 2. The molecule has 0 radical (unpaired) electrons. The second-order valence-electron chi connectivity index (χ2n) is 3.14. The summed E-state index contributed by atoms with van der Waals surface area (Å²) >= 11 is 11.5. The average Bonchev–Trinajstić information content (AvgIpc) is 2.61. The maximum absolute atomic E-state index is 5.81. The highest BCUT2D eigenvalue weighted by Gasteiger charge is 2.08. The van der Waals surface area contributed by atoms with E-state index in [4.69, 9.17) is 23.2 Å². The second kappa shape index (κ2) is 4.21. The first-order valence-corrected chi connectivity index (χ1v) is 5.36. The predicted molar refractivity (Wildman–Crippen MR) is 60.7 cm³/mol. The zero-order valence-electron chi connectivity index (χ0n) is 8.11. The lowest BCUT2D eigenvalue weighted by atomic mass is 10.3. The number of aromatic nitrogens is 3. The van der Waals surface area contributed by atoms with Gasteiger partial charge in [0, 0.05) is 5.02 Å². The Bertz CT molecular complexity index is 462. The summed E-state index contributed by atoms with van der Waals surface area (Å²) in [6.45, 7) is 1.94. The molecular formula is C10H9Cl2N3. The quantitative estimate of drug-likeness (QED) is 0.758. The Hall–Kier alpha value is -1.06. The second-order valence-corrected chi connectivity index (χ2v) is 3.85. The van der Waals surface area contributed by atoms with Crippen molar-refractivity contribution < 1.29 is 0 Å². The van der Waals surface area contributed by atoms with Gasteiger partial charge in [0.2, 0.25) is 0 Å². The molecule has 1 heterocycles. The van der Waals surface area contributed by atoms with Gasteiger partial charge in [-0.1, -0.05) is 16.8 Å². The Labute approximate surface area is 97.6 Å². The van der Waals surface area contributed by atoms with E-state index in [0.717, 1.165) is 17.1 Å². The van der Waals surface area contributed by atoms with Gasteiger partial charge in [-0.15, -0.1) is 16.7 Å². The van der Waals surface area contributed by atoms with Crippen molar-refractivity contribution in [3.05, 3.63) is 40.7 Å². The summed E-state index contributed by atoms with van der Waals surface area (Å²) in [5.74, 6) is 0.374. The van der Waals surface area contributed by atoms with E-state index >= 15 is 0 Å². The number of benzene rings is 1. The molecule has 0 bridgehead atoms. The number of hydrogen-bond acceptors (Lipinski definition) is 2.